The number of aryl methyl sites for hydroxylation is 1. The highest BCUT2D eigenvalue weighted by atomic mass is 16.3. The third kappa shape index (κ3) is 2.84. The Kier molecular flexibility index (Phi) is 3.79. The van der Waals surface area contributed by atoms with E-state index in [0.29, 0.717) is 12.5 Å². The number of rotatable bonds is 4. The van der Waals surface area contributed by atoms with Gasteiger partial charge in [-0.2, -0.15) is 0 Å². The van der Waals surface area contributed by atoms with Gasteiger partial charge in [0.2, 0.25) is 0 Å². The molecule has 0 bridgehead atoms. The number of aliphatic hydroxyl groups is 1. The summed E-state index contributed by atoms with van der Waals surface area (Å²) in [6.07, 6.45) is 6.25. The maximum Gasteiger partial charge on any atom is 0.146 e. The fraction of sp³-hybridized carbons (Fsp3) is 0.833. The number of nitrogens with one attached hydrogen (secondary N) is 1. The van der Waals surface area contributed by atoms with E-state index < -0.39 is 0 Å². The lowest BCUT2D eigenvalue weighted by Gasteiger charge is -2.39. The minimum absolute atomic E-state index is 0.121. The molecule has 1 saturated carbocycles. The predicted octanol–water partition coefficient (Wildman–Crippen LogP) is 0.846. The molecular weight excluding hydrogens is 216 g/mol. The van der Waals surface area contributed by atoms with Crippen LogP contribution in [-0.4, -0.2) is 32.0 Å². The van der Waals surface area contributed by atoms with Crippen molar-refractivity contribution in [1.82, 2.24) is 20.1 Å². The molecule has 1 aliphatic rings. The van der Waals surface area contributed by atoms with Crippen LogP contribution in [0.15, 0.2) is 6.33 Å². The van der Waals surface area contributed by atoms with Crippen LogP contribution in [0, 0.1) is 5.92 Å². The van der Waals surface area contributed by atoms with Crippen LogP contribution in [0.25, 0.3) is 0 Å². The molecule has 2 atom stereocenters. The van der Waals surface area contributed by atoms with Crippen molar-refractivity contribution in [3.63, 3.8) is 0 Å². The number of hydrogen-bond acceptors (Lipinski definition) is 4. The monoisotopic (exact) mass is 238 g/mol. The summed E-state index contributed by atoms with van der Waals surface area (Å²) in [4.78, 5) is 0. The molecule has 0 amide bonds. The first-order valence-corrected chi connectivity index (χ1v) is 6.34. The molecule has 0 radical (unpaired) electrons. The van der Waals surface area contributed by atoms with Crippen LogP contribution >= 0.6 is 0 Å². The molecule has 5 nitrogen and oxygen atoms in total. The van der Waals surface area contributed by atoms with Gasteiger partial charge in [-0.25, -0.2) is 0 Å². The van der Waals surface area contributed by atoms with Gasteiger partial charge >= 0.3 is 0 Å². The van der Waals surface area contributed by atoms with Crippen molar-refractivity contribution >= 4 is 0 Å². The van der Waals surface area contributed by atoms with Crippen molar-refractivity contribution in [2.24, 2.45) is 13.0 Å². The van der Waals surface area contributed by atoms with Crippen LogP contribution in [0.1, 0.15) is 38.4 Å². The first kappa shape index (κ1) is 12.5. The number of aliphatic hydroxyl groups excluding tert-OH is 1. The molecule has 2 rings (SSSR count). The number of hydrogen-bond donors (Lipinski definition) is 2. The van der Waals surface area contributed by atoms with Crippen LogP contribution < -0.4 is 5.32 Å². The summed E-state index contributed by atoms with van der Waals surface area (Å²) in [6.45, 7) is 3.13. The molecule has 1 aromatic heterocycles. The Hall–Kier alpha value is -0.940. The van der Waals surface area contributed by atoms with E-state index in [2.05, 4.69) is 22.4 Å². The SMILES string of the molecule is CC1CCCC(CO)(NCc2nncn2C)C1. The predicted molar refractivity (Wildman–Crippen MR) is 65.3 cm³/mol. The molecule has 0 spiro atoms. The van der Waals surface area contributed by atoms with Crippen molar-refractivity contribution in [2.75, 3.05) is 6.61 Å². The molecule has 1 aromatic rings. The summed E-state index contributed by atoms with van der Waals surface area (Å²) in [7, 11) is 1.94. The zero-order chi connectivity index (χ0) is 12.3. The first-order valence-electron chi connectivity index (χ1n) is 6.34. The standard InChI is InChI=1S/C12H22N4O/c1-10-4-3-5-12(6-10,8-17)13-7-11-15-14-9-16(11)2/h9-10,13,17H,3-8H2,1-2H3. The quantitative estimate of drug-likeness (QED) is 0.816. The van der Waals surface area contributed by atoms with Crippen molar-refractivity contribution < 1.29 is 5.11 Å². The van der Waals surface area contributed by atoms with Crippen LogP contribution in [0.2, 0.25) is 0 Å². The van der Waals surface area contributed by atoms with Crippen molar-refractivity contribution in [2.45, 2.75) is 44.7 Å². The van der Waals surface area contributed by atoms with E-state index in [9.17, 15) is 5.11 Å². The average Bonchev–Trinajstić information content (AvgIpc) is 2.72. The minimum Gasteiger partial charge on any atom is -0.394 e. The summed E-state index contributed by atoms with van der Waals surface area (Å²) in [5.41, 5.74) is -0.121. The van der Waals surface area contributed by atoms with E-state index in [1.807, 2.05) is 11.6 Å². The fourth-order valence-electron chi connectivity index (χ4n) is 2.75. The van der Waals surface area contributed by atoms with Gasteiger partial charge in [-0.3, -0.25) is 0 Å². The van der Waals surface area contributed by atoms with Gasteiger partial charge in [0.25, 0.3) is 0 Å². The highest BCUT2D eigenvalue weighted by Gasteiger charge is 2.34. The Balaban J connectivity index is 1.97. The summed E-state index contributed by atoms with van der Waals surface area (Å²) in [6, 6.07) is 0. The van der Waals surface area contributed by atoms with Gasteiger partial charge in [0, 0.05) is 12.6 Å². The molecule has 0 aliphatic heterocycles. The lowest BCUT2D eigenvalue weighted by molar-refractivity contribution is 0.0973. The Morgan fingerprint density at radius 3 is 3.06 bits per heavy atom. The average molecular weight is 238 g/mol. The van der Waals surface area contributed by atoms with E-state index in [4.69, 9.17) is 0 Å². The maximum atomic E-state index is 9.65. The highest BCUT2D eigenvalue weighted by Crippen LogP contribution is 2.32. The van der Waals surface area contributed by atoms with E-state index in [1.165, 1.54) is 12.8 Å². The maximum absolute atomic E-state index is 9.65. The van der Waals surface area contributed by atoms with Crippen molar-refractivity contribution in [3.8, 4) is 0 Å². The second-order valence-corrected chi connectivity index (χ2v) is 5.35. The van der Waals surface area contributed by atoms with Gasteiger partial charge in [-0.1, -0.05) is 19.8 Å². The highest BCUT2D eigenvalue weighted by molar-refractivity contribution is 4.95. The zero-order valence-electron chi connectivity index (χ0n) is 10.7. The van der Waals surface area contributed by atoms with E-state index in [0.717, 1.165) is 18.7 Å². The Morgan fingerprint density at radius 1 is 1.65 bits per heavy atom. The Labute approximate surface area is 102 Å². The fourth-order valence-corrected chi connectivity index (χ4v) is 2.75. The van der Waals surface area contributed by atoms with Gasteiger partial charge < -0.3 is 15.0 Å². The molecule has 0 aromatic carbocycles. The topological polar surface area (TPSA) is 63.0 Å². The van der Waals surface area contributed by atoms with Gasteiger partial charge in [0.15, 0.2) is 0 Å². The smallest absolute Gasteiger partial charge is 0.146 e. The number of aromatic nitrogens is 3. The molecular formula is C12H22N4O. The second-order valence-electron chi connectivity index (χ2n) is 5.35. The van der Waals surface area contributed by atoms with Gasteiger partial charge in [0.1, 0.15) is 12.2 Å². The largest absolute Gasteiger partial charge is 0.394 e. The molecule has 1 heterocycles. The lowest BCUT2D eigenvalue weighted by Crippen LogP contribution is -2.51. The van der Waals surface area contributed by atoms with Crippen LogP contribution in [0.4, 0.5) is 0 Å². The van der Waals surface area contributed by atoms with E-state index >= 15 is 0 Å². The molecule has 2 N–H and O–H groups in total. The van der Waals surface area contributed by atoms with Gasteiger partial charge in [-0.05, 0) is 18.8 Å². The molecule has 1 fully saturated rings. The van der Waals surface area contributed by atoms with Crippen molar-refractivity contribution in [3.05, 3.63) is 12.2 Å². The minimum atomic E-state index is -0.121. The normalized spacial score (nSPS) is 29.5. The summed E-state index contributed by atoms with van der Waals surface area (Å²) in [5, 5.41) is 21.0. The molecule has 2 unspecified atom stereocenters. The molecule has 1 aliphatic carbocycles. The second kappa shape index (κ2) is 5.14. The lowest BCUT2D eigenvalue weighted by atomic mass is 9.77. The van der Waals surface area contributed by atoms with Gasteiger partial charge in [0.05, 0.1) is 13.2 Å². The zero-order valence-corrected chi connectivity index (χ0v) is 10.7. The van der Waals surface area contributed by atoms with Crippen molar-refractivity contribution in [1.29, 1.82) is 0 Å². The van der Waals surface area contributed by atoms with Gasteiger partial charge in [-0.15, -0.1) is 10.2 Å². The van der Waals surface area contributed by atoms with E-state index in [1.54, 1.807) is 6.33 Å². The number of nitrogens with zero attached hydrogens (tertiary/aromatic N) is 3. The Bertz CT molecular complexity index is 365. The first-order chi connectivity index (χ1) is 8.15. The molecule has 0 saturated heterocycles. The molecule has 17 heavy (non-hydrogen) atoms. The summed E-state index contributed by atoms with van der Waals surface area (Å²) < 4.78 is 1.91. The third-order valence-electron chi connectivity index (χ3n) is 3.82. The molecule has 96 valence electrons. The van der Waals surface area contributed by atoms with Crippen LogP contribution in [0.3, 0.4) is 0 Å². The van der Waals surface area contributed by atoms with Crippen LogP contribution in [0.5, 0.6) is 0 Å². The molecule has 5 heteroatoms. The summed E-state index contributed by atoms with van der Waals surface area (Å²) >= 11 is 0. The Morgan fingerprint density at radius 2 is 2.47 bits per heavy atom. The van der Waals surface area contributed by atoms with Crippen LogP contribution in [-0.2, 0) is 13.6 Å². The third-order valence-corrected chi connectivity index (χ3v) is 3.82. The summed E-state index contributed by atoms with van der Waals surface area (Å²) in [5.74, 6) is 1.60. The van der Waals surface area contributed by atoms with E-state index in [-0.39, 0.29) is 12.1 Å².